The van der Waals surface area contributed by atoms with E-state index < -0.39 is 0 Å². The van der Waals surface area contributed by atoms with Gasteiger partial charge in [0.1, 0.15) is 5.60 Å². The topological polar surface area (TPSA) is 32.6 Å². The van der Waals surface area contributed by atoms with E-state index >= 15 is 0 Å². The van der Waals surface area contributed by atoms with E-state index in [1.54, 1.807) is 0 Å². The van der Waals surface area contributed by atoms with Crippen LogP contribution in [0.1, 0.15) is 19.3 Å². The summed E-state index contributed by atoms with van der Waals surface area (Å²) in [5, 5.41) is 4.26. The summed E-state index contributed by atoms with van der Waals surface area (Å²) in [5.74, 6) is 0. The Hall–Kier alpha value is -0.120. The zero-order valence-electron chi connectivity index (χ0n) is 6.01. The molecule has 2 aliphatic heterocycles. The molecule has 0 atom stereocenters. The van der Waals surface area contributed by atoms with Gasteiger partial charge in [0.25, 0.3) is 0 Å². The molecule has 2 aliphatic rings. The van der Waals surface area contributed by atoms with Crippen molar-refractivity contribution in [2.45, 2.75) is 24.9 Å². The molecule has 0 bridgehead atoms. The molecule has 2 fully saturated rings. The first kappa shape index (κ1) is 6.58. The van der Waals surface area contributed by atoms with Crippen LogP contribution in [0.25, 0.3) is 0 Å². The molecule has 2 saturated heterocycles. The summed E-state index contributed by atoms with van der Waals surface area (Å²) in [4.78, 5) is 10.1. The second-order valence-corrected chi connectivity index (χ2v) is 3.01. The highest BCUT2D eigenvalue weighted by atomic mass is 17.2. The molecule has 10 heavy (non-hydrogen) atoms. The fraction of sp³-hybridized carbons (Fsp3) is 1.00. The Morgan fingerprint density at radius 1 is 1.10 bits per heavy atom. The van der Waals surface area contributed by atoms with Gasteiger partial charge in [-0.25, -0.2) is 15.1 Å². The molecule has 1 radical (unpaired) electrons. The van der Waals surface area contributed by atoms with E-state index in [0.717, 1.165) is 39.0 Å². The van der Waals surface area contributed by atoms with Crippen molar-refractivity contribution < 1.29 is 9.78 Å². The molecule has 0 aliphatic carbocycles. The first-order valence-corrected chi connectivity index (χ1v) is 3.85. The lowest BCUT2D eigenvalue weighted by molar-refractivity contribution is -0.313. The monoisotopic (exact) mass is 142 g/mol. The molecule has 0 aromatic carbocycles. The number of hydrogen-bond acceptors (Lipinski definition) is 2. The third kappa shape index (κ3) is 1.05. The average Bonchev–Trinajstić information content (AvgIpc) is 2.39. The molecule has 0 aromatic heterocycles. The van der Waals surface area contributed by atoms with Crippen LogP contribution in [0.2, 0.25) is 0 Å². The Kier molecular flexibility index (Phi) is 1.64. The maximum absolute atomic E-state index is 5.22. The summed E-state index contributed by atoms with van der Waals surface area (Å²) in [7, 11) is 0. The molecule has 1 spiro atoms. The third-order valence-electron chi connectivity index (χ3n) is 2.33. The van der Waals surface area contributed by atoms with Crippen molar-refractivity contribution in [3.63, 3.8) is 0 Å². The quantitative estimate of drug-likeness (QED) is 0.461. The average molecular weight is 142 g/mol. The lowest BCUT2D eigenvalue weighted by Crippen LogP contribution is -2.38. The number of nitrogens with zero attached hydrogens (tertiary/aromatic N) is 1. The van der Waals surface area contributed by atoms with Crippen LogP contribution in [0.15, 0.2) is 0 Å². The normalized spacial score (nSPS) is 31.2. The van der Waals surface area contributed by atoms with Crippen LogP contribution in [0, 0.1) is 0 Å². The van der Waals surface area contributed by atoms with Gasteiger partial charge in [-0.1, -0.05) is 0 Å². The van der Waals surface area contributed by atoms with Gasteiger partial charge in [-0.05, 0) is 12.8 Å². The van der Waals surface area contributed by atoms with E-state index in [4.69, 9.17) is 9.78 Å². The molecule has 57 valence electrons. The van der Waals surface area contributed by atoms with Gasteiger partial charge in [0.15, 0.2) is 0 Å². The van der Waals surface area contributed by atoms with Gasteiger partial charge in [0, 0.05) is 19.5 Å². The maximum Gasteiger partial charge on any atom is 0.108 e. The predicted octanol–water partition coefficient (Wildman–Crippen LogP) is 0.475. The maximum atomic E-state index is 5.22. The first-order valence-electron chi connectivity index (χ1n) is 3.85. The van der Waals surface area contributed by atoms with Crippen LogP contribution >= 0.6 is 0 Å². The summed E-state index contributed by atoms with van der Waals surface area (Å²) in [5.41, 5.74) is 0.0573. The predicted molar refractivity (Wildman–Crippen MR) is 35.5 cm³/mol. The Morgan fingerprint density at radius 2 is 1.90 bits per heavy atom. The van der Waals surface area contributed by atoms with Crippen molar-refractivity contribution in [3.05, 3.63) is 0 Å². The largest absolute Gasteiger partial charge is 0.242 e. The van der Waals surface area contributed by atoms with Crippen LogP contribution < -0.4 is 5.32 Å². The minimum atomic E-state index is 0.0573. The van der Waals surface area contributed by atoms with Gasteiger partial charge in [-0.15, -0.1) is 0 Å². The zero-order chi connectivity index (χ0) is 6.86. The van der Waals surface area contributed by atoms with Crippen LogP contribution in [-0.2, 0) is 9.78 Å². The molecule has 0 unspecified atom stereocenters. The van der Waals surface area contributed by atoms with Gasteiger partial charge < -0.3 is 0 Å². The molecule has 2 rings (SSSR count). The van der Waals surface area contributed by atoms with Gasteiger partial charge >= 0.3 is 0 Å². The number of rotatable bonds is 0. The summed E-state index contributed by atoms with van der Waals surface area (Å²) >= 11 is 0. The van der Waals surface area contributed by atoms with Crippen molar-refractivity contribution in [2.24, 2.45) is 0 Å². The molecule has 0 amide bonds. The molecular formula is C7H12NO2. The summed E-state index contributed by atoms with van der Waals surface area (Å²) < 4.78 is 0. The zero-order valence-corrected chi connectivity index (χ0v) is 6.01. The fourth-order valence-electron chi connectivity index (χ4n) is 1.57. The van der Waals surface area contributed by atoms with Gasteiger partial charge in [-0.2, -0.15) is 0 Å². The van der Waals surface area contributed by atoms with Crippen molar-refractivity contribution in [1.29, 1.82) is 0 Å². The Balaban J connectivity index is 1.98. The van der Waals surface area contributed by atoms with E-state index in [1.165, 1.54) is 0 Å². The smallest absolute Gasteiger partial charge is 0.108 e. The highest BCUT2D eigenvalue weighted by molar-refractivity contribution is 4.86. The van der Waals surface area contributed by atoms with Crippen LogP contribution in [-0.4, -0.2) is 25.3 Å². The molecule has 0 saturated carbocycles. The van der Waals surface area contributed by atoms with Crippen molar-refractivity contribution in [2.75, 3.05) is 19.7 Å². The summed E-state index contributed by atoms with van der Waals surface area (Å²) in [6.45, 7) is 2.66. The molecule has 2 heterocycles. The SMILES string of the molecule is C1CC2(CC[N]1)CCOO2. The van der Waals surface area contributed by atoms with E-state index in [2.05, 4.69) is 5.32 Å². The van der Waals surface area contributed by atoms with E-state index in [9.17, 15) is 0 Å². The molecule has 0 N–H and O–H groups in total. The van der Waals surface area contributed by atoms with Gasteiger partial charge in [-0.3, -0.25) is 0 Å². The van der Waals surface area contributed by atoms with Crippen molar-refractivity contribution >= 4 is 0 Å². The fourth-order valence-corrected chi connectivity index (χ4v) is 1.57. The molecule has 0 aromatic rings. The van der Waals surface area contributed by atoms with E-state index in [1.807, 2.05) is 0 Å². The van der Waals surface area contributed by atoms with Gasteiger partial charge in [0.2, 0.25) is 0 Å². The van der Waals surface area contributed by atoms with Crippen molar-refractivity contribution in [1.82, 2.24) is 5.32 Å². The summed E-state index contributed by atoms with van der Waals surface area (Å²) in [6, 6.07) is 0. The van der Waals surface area contributed by atoms with Crippen LogP contribution in [0.3, 0.4) is 0 Å². The Morgan fingerprint density at radius 3 is 2.50 bits per heavy atom. The first-order chi connectivity index (χ1) is 4.91. The van der Waals surface area contributed by atoms with Crippen LogP contribution in [0.4, 0.5) is 0 Å². The second-order valence-electron chi connectivity index (χ2n) is 3.01. The van der Waals surface area contributed by atoms with Crippen molar-refractivity contribution in [3.8, 4) is 0 Å². The highest BCUT2D eigenvalue weighted by Gasteiger charge is 2.38. The Bertz CT molecular complexity index is 113. The van der Waals surface area contributed by atoms with Gasteiger partial charge in [0.05, 0.1) is 6.61 Å². The Labute approximate surface area is 60.6 Å². The third-order valence-corrected chi connectivity index (χ3v) is 2.33. The standard InChI is InChI=1S/C7H12NO2/c1-4-8-5-2-7(1)3-6-9-10-7/h1-6H2. The number of hydrogen-bond donors (Lipinski definition) is 0. The van der Waals surface area contributed by atoms with Crippen LogP contribution in [0.5, 0.6) is 0 Å². The van der Waals surface area contributed by atoms with E-state index in [0.29, 0.717) is 0 Å². The van der Waals surface area contributed by atoms with E-state index in [-0.39, 0.29) is 5.60 Å². The lowest BCUT2D eigenvalue weighted by Gasteiger charge is -2.29. The molecule has 3 nitrogen and oxygen atoms in total. The molecular weight excluding hydrogens is 130 g/mol. The second kappa shape index (κ2) is 2.49. The minimum Gasteiger partial charge on any atom is -0.242 e. The minimum absolute atomic E-state index is 0.0573. The lowest BCUT2D eigenvalue weighted by atomic mass is 9.90. The summed E-state index contributed by atoms with van der Waals surface area (Å²) in [6.07, 6.45) is 3.16. The number of piperidine rings is 1. The molecule has 3 heteroatoms. The highest BCUT2D eigenvalue weighted by Crippen LogP contribution is 2.31.